The first kappa shape index (κ1) is 10.7. The van der Waals surface area contributed by atoms with Crippen molar-refractivity contribution in [1.29, 1.82) is 0 Å². The molecule has 0 aromatic carbocycles. The van der Waals surface area contributed by atoms with Crippen LogP contribution in [-0.4, -0.2) is 18.4 Å². The largest absolute Gasteiger partial charge is 0.501 e. The molecule has 2 unspecified atom stereocenters. The molecule has 0 saturated heterocycles. The molecule has 0 radical (unpaired) electrons. The molecule has 1 aliphatic heterocycles. The Labute approximate surface area is 90.7 Å². The number of nitrogens with two attached hydrogens (primary N) is 1. The zero-order chi connectivity index (χ0) is 10.7. The van der Waals surface area contributed by atoms with Gasteiger partial charge in [-0.3, -0.25) is 4.79 Å². The first-order chi connectivity index (χ1) is 7.29. The highest BCUT2D eigenvalue weighted by atomic mass is 16.5. The van der Waals surface area contributed by atoms with Crippen LogP contribution in [-0.2, 0) is 9.53 Å². The SMILES string of the molecule is NC1CCCCC1C(=O)C1=COCCC1. The highest BCUT2D eigenvalue weighted by Gasteiger charge is 2.30. The number of ether oxygens (including phenoxy) is 1. The predicted octanol–water partition coefficient (Wildman–Crippen LogP) is 1.77. The molecule has 2 rings (SSSR count). The Balaban J connectivity index is 2.02. The molecule has 1 aliphatic carbocycles. The smallest absolute Gasteiger partial charge is 0.166 e. The number of allylic oxidation sites excluding steroid dienone is 1. The van der Waals surface area contributed by atoms with E-state index in [4.69, 9.17) is 10.5 Å². The summed E-state index contributed by atoms with van der Waals surface area (Å²) in [6.07, 6.45) is 7.72. The van der Waals surface area contributed by atoms with Crippen LogP contribution in [0.1, 0.15) is 38.5 Å². The van der Waals surface area contributed by atoms with Gasteiger partial charge >= 0.3 is 0 Å². The van der Waals surface area contributed by atoms with Crippen LogP contribution >= 0.6 is 0 Å². The maximum absolute atomic E-state index is 12.1. The van der Waals surface area contributed by atoms with E-state index < -0.39 is 0 Å². The highest BCUT2D eigenvalue weighted by molar-refractivity contribution is 5.97. The van der Waals surface area contributed by atoms with Gasteiger partial charge in [0.25, 0.3) is 0 Å². The Morgan fingerprint density at radius 1 is 1.33 bits per heavy atom. The van der Waals surface area contributed by atoms with Gasteiger partial charge in [0.1, 0.15) is 0 Å². The minimum Gasteiger partial charge on any atom is -0.501 e. The molecule has 0 aromatic rings. The maximum atomic E-state index is 12.1. The van der Waals surface area contributed by atoms with Crippen LogP contribution in [0.2, 0.25) is 0 Å². The molecular weight excluding hydrogens is 190 g/mol. The van der Waals surface area contributed by atoms with E-state index in [1.54, 1.807) is 6.26 Å². The van der Waals surface area contributed by atoms with Gasteiger partial charge in [0.2, 0.25) is 0 Å². The molecule has 2 atom stereocenters. The summed E-state index contributed by atoms with van der Waals surface area (Å²) in [5.41, 5.74) is 6.85. The predicted molar refractivity (Wildman–Crippen MR) is 58.2 cm³/mol. The lowest BCUT2D eigenvalue weighted by atomic mass is 9.79. The summed E-state index contributed by atoms with van der Waals surface area (Å²) in [5.74, 6) is 0.286. The minimum atomic E-state index is 0.0479. The molecule has 3 nitrogen and oxygen atoms in total. The molecule has 1 fully saturated rings. The van der Waals surface area contributed by atoms with Crippen molar-refractivity contribution in [3.8, 4) is 0 Å². The van der Waals surface area contributed by atoms with Gasteiger partial charge in [0.15, 0.2) is 5.78 Å². The van der Waals surface area contributed by atoms with Crippen LogP contribution in [0, 0.1) is 5.92 Å². The fraction of sp³-hybridized carbons (Fsp3) is 0.750. The Morgan fingerprint density at radius 2 is 2.13 bits per heavy atom. The Morgan fingerprint density at radius 3 is 2.80 bits per heavy atom. The molecule has 1 heterocycles. The summed E-state index contributed by atoms with van der Waals surface area (Å²) in [6.45, 7) is 0.744. The van der Waals surface area contributed by atoms with Gasteiger partial charge in [-0.15, -0.1) is 0 Å². The van der Waals surface area contributed by atoms with Gasteiger partial charge in [0.05, 0.1) is 12.9 Å². The third-order valence-corrected chi connectivity index (χ3v) is 3.41. The van der Waals surface area contributed by atoms with E-state index in [2.05, 4.69) is 0 Å². The van der Waals surface area contributed by atoms with Gasteiger partial charge in [-0.25, -0.2) is 0 Å². The number of rotatable bonds is 2. The van der Waals surface area contributed by atoms with Gasteiger partial charge in [0, 0.05) is 17.5 Å². The van der Waals surface area contributed by atoms with Crippen molar-refractivity contribution >= 4 is 5.78 Å². The minimum absolute atomic E-state index is 0.0479. The summed E-state index contributed by atoms with van der Waals surface area (Å²) < 4.78 is 5.21. The lowest BCUT2D eigenvalue weighted by Crippen LogP contribution is -2.38. The van der Waals surface area contributed by atoms with Gasteiger partial charge in [-0.2, -0.15) is 0 Å². The topological polar surface area (TPSA) is 52.3 Å². The number of ketones is 1. The van der Waals surface area contributed by atoms with E-state index in [0.29, 0.717) is 0 Å². The zero-order valence-corrected chi connectivity index (χ0v) is 9.08. The van der Waals surface area contributed by atoms with Crippen molar-refractivity contribution in [2.24, 2.45) is 11.7 Å². The molecular formula is C12H19NO2. The molecule has 2 aliphatic rings. The fourth-order valence-electron chi connectivity index (χ4n) is 2.47. The number of hydrogen-bond acceptors (Lipinski definition) is 3. The van der Waals surface area contributed by atoms with E-state index in [1.165, 1.54) is 6.42 Å². The van der Waals surface area contributed by atoms with Crippen LogP contribution in [0.5, 0.6) is 0 Å². The van der Waals surface area contributed by atoms with Crippen molar-refractivity contribution < 1.29 is 9.53 Å². The van der Waals surface area contributed by atoms with Crippen molar-refractivity contribution in [3.63, 3.8) is 0 Å². The van der Waals surface area contributed by atoms with E-state index in [1.807, 2.05) is 0 Å². The van der Waals surface area contributed by atoms with Gasteiger partial charge in [-0.05, 0) is 25.7 Å². The molecule has 1 saturated carbocycles. The van der Waals surface area contributed by atoms with Crippen molar-refractivity contribution in [1.82, 2.24) is 0 Å². The summed E-state index contributed by atoms with van der Waals surface area (Å²) in [4.78, 5) is 12.1. The van der Waals surface area contributed by atoms with Crippen molar-refractivity contribution in [2.45, 2.75) is 44.6 Å². The lowest BCUT2D eigenvalue weighted by molar-refractivity contribution is -0.121. The lowest BCUT2D eigenvalue weighted by Gasteiger charge is -2.28. The van der Waals surface area contributed by atoms with Crippen molar-refractivity contribution in [2.75, 3.05) is 6.61 Å². The molecule has 84 valence electrons. The van der Waals surface area contributed by atoms with Crippen LogP contribution in [0.25, 0.3) is 0 Å². The second kappa shape index (κ2) is 4.79. The van der Waals surface area contributed by atoms with E-state index in [0.717, 1.165) is 44.3 Å². The Bertz CT molecular complexity index is 273. The average molecular weight is 209 g/mol. The number of carbonyl (C=O) groups is 1. The monoisotopic (exact) mass is 209 g/mol. The second-order valence-corrected chi connectivity index (χ2v) is 4.54. The molecule has 15 heavy (non-hydrogen) atoms. The summed E-state index contributed by atoms with van der Waals surface area (Å²) in [7, 11) is 0. The van der Waals surface area contributed by atoms with Crippen LogP contribution in [0.4, 0.5) is 0 Å². The number of hydrogen-bond donors (Lipinski definition) is 1. The molecule has 0 aromatic heterocycles. The third kappa shape index (κ3) is 2.40. The Kier molecular flexibility index (Phi) is 3.41. The molecule has 0 amide bonds. The quantitative estimate of drug-likeness (QED) is 0.754. The first-order valence-electron chi connectivity index (χ1n) is 5.89. The van der Waals surface area contributed by atoms with E-state index in [9.17, 15) is 4.79 Å². The molecule has 3 heteroatoms. The molecule has 0 spiro atoms. The number of Topliss-reactive ketones (excluding diaryl/α,β-unsaturated/α-hetero) is 1. The van der Waals surface area contributed by atoms with E-state index in [-0.39, 0.29) is 17.7 Å². The van der Waals surface area contributed by atoms with Crippen molar-refractivity contribution in [3.05, 3.63) is 11.8 Å². The normalized spacial score (nSPS) is 31.7. The van der Waals surface area contributed by atoms with E-state index >= 15 is 0 Å². The third-order valence-electron chi connectivity index (χ3n) is 3.41. The summed E-state index contributed by atoms with van der Waals surface area (Å²) in [5, 5.41) is 0. The average Bonchev–Trinajstić information content (AvgIpc) is 2.30. The van der Waals surface area contributed by atoms with Crippen LogP contribution < -0.4 is 5.73 Å². The summed E-state index contributed by atoms with van der Waals surface area (Å²) >= 11 is 0. The highest BCUT2D eigenvalue weighted by Crippen LogP contribution is 2.28. The maximum Gasteiger partial charge on any atom is 0.166 e. The van der Waals surface area contributed by atoms with Crippen LogP contribution in [0.3, 0.4) is 0 Å². The first-order valence-corrected chi connectivity index (χ1v) is 5.89. The summed E-state index contributed by atoms with van der Waals surface area (Å²) in [6, 6.07) is 0.0640. The van der Waals surface area contributed by atoms with Crippen LogP contribution in [0.15, 0.2) is 11.8 Å². The standard InChI is InChI=1S/C12H19NO2/c13-11-6-2-1-5-10(11)12(14)9-4-3-7-15-8-9/h8,10-11H,1-7,13H2. The number of carbonyl (C=O) groups excluding carboxylic acids is 1. The molecule has 0 bridgehead atoms. The molecule has 2 N–H and O–H groups in total. The fourth-order valence-corrected chi connectivity index (χ4v) is 2.47. The second-order valence-electron chi connectivity index (χ2n) is 4.54. The van der Waals surface area contributed by atoms with Gasteiger partial charge < -0.3 is 10.5 Å². The Hall–Kier alpha value is -0.830. The zero-order valence-electron chi connectivity index (χ0n) is 9.08. The van der Waals surface area contributed by atoms with Gasteiger partial charge in [-0.1, -0.05) is 12.8 Å².